The number of aliphatic hydroxyl groups is 1. The molecule has 8 nitrogen and oxygen atoms in total. The number of hydrogen-bond donors (Lipinski definition) is 1. The van der Waals surface area contributed by atoms with Gasteiger partial charge in [0.1, 0.15) is 5.75 Å². The summed E-state index contributed by atoms with van der Waals surface area (Å²) in [5.74, 6) is -0.902. The summed E-state index contributed by atoms with van der Waals surface area (Å²) in [5.41, 5.74) is 0.386. The van der Waals surface area contributed by atoms with Crippen LogP contribution >= 0.6 is 11.8 Å². The smallest absolute Gasteiger partial charge is 0.336 e. The molecule has 0 saturated heterocycles. The van der Waals surface area contributed by atoms with Gasteiger partial charge in [-0.3, -0.25) is 14.9 Å². The van der Waals surface area contributed by atoms with Crippen molar-refractivity contribution >= 4 is 29.4 Å². The van der Waals surface area contributed by atoms with Crippen molar-refractivity contribution in [2.45, 2.75) is 36.5 Å². The Labute approximate surface area is 172 Å². The van der Waals surface area contributed by atoms with Gasteiger partial charge in [-0.15, -0.1) is 11.8 Å². The van der Waals surface area contributed by atoms with Gasteiger partial charge in [0.15, 0.2) is 6.10 Å². The second-order valence-corrected chi connectivity index (χ2v) is 7.04. The minimum atomic E-state index is -1.55. The van der Waals surface area contributed by atoms with Gasteiger partial charge in [0.2, 0.25) is 0 Å². The van der Waals surface area contributed by atoms with Gasteiger partial charge < -0.3 is 14.6 Å². The fraction of sp³-hybridized carbons (Fsp3) is 0.300. The van der Waals surface area contributed by atoms with Crippen LogP contribution < -0.4 is 4.74 Å². The predicted molar refractivity (Wildman–Crippen MR) is 107 cm³/mol. The molecule has 0 aromatic heterocycles. The first kappa shape index (κ1) is 22.4. The van der Waals surface area contributed by atoms with Gasteiger partial charge >= 0.3 is 11.9 Å². The normalized spacial score (nSPS) is 12.7. The molecule has 9 heteroatoms. The highest BCUT2D eigenvalue weighted by Crippen LogP contribution is 2.42. The van der Waals surface area contributed by atoms with E-state index in [2.05, 4.69) is 0 Å². The molecule has 2 rings (SSSR count). The van der Waals surface area contributed by atoms with Gasteiger partial charge in [-0.1, -0.05) is 31.2 Å². The van der Waals surface area contributed by atoms with Crippen LogP contribution in [0.3, 0.4) is 0 Å². The molecule has 2 aromatic carbocycles. The lowest BCUT2D eigenvalue weighted by Gasteiger charge is -2.22. The maximum absolute atomic E-state index is 12.1. The number of nitrogens with zero attached hydrogens (tertiary/aromatic N) is 1. The lowest BCUT2D eigenvalue weighted by atomic mass is 10.1. The summed E-state index contributed by atoms with van der Waals surface area (Å²) in [4.78, 5) is 34.6. The van der Waals surface area contributed by atoms with Crippen LogP contribution in [0.5, 0.6) is 5.75 Å². The molecule has 2 atom stereocenters. The van der Waals surface area contributed by atoms with Crippen LogP contribution in [0.2, 0.25) is 0 Å². The minimum absolute atomic E-state index is 0.0880. The van der Waals surface area contributed by atoms with E-state index in [4.69, 9.17) is 9.47 Å². The Morgan fingerprint density at radius 1 is 1.14 bits per heavy atom. The lowest BCUT2D eigenvalue weighted by molar-refractivity contribution is -0.387. The molecule has 1 N–H and O–H groups in total. The topological polar surface area (TPSA) is 116 Å². The number of para-hydroxylation sites is 1. The Morgan fingerprint density at radius 3 is 2.38 bits per heavy atom. The summed E-state index contributed by atoms with van der Waals surface area (Å²) >= 11 is 0.983. The van der Waals surface area contributed by atoms with Crippen molar-refractivity contribution < 1.29 is 29.1 Å². The van der Waals surface area contributed by atoms with Crippen LogP contribution in [-0.2, 0) is 14.3 Å². The number of nitro groups is 1. The van der Waals surface area contributed by atoms with Gasteiger partial charge in [0.25, 0.3) is 5.69 Å². The summed E-state index contributed by atoms with van der Waals surface area (Å²) in [7, 11) is 0. The number of carbonyl (C=O) groups is 2. The molecular weight excluding hydrogens is 398 g/mol. The standard InChI is InChI=1S/C20H21NO7S/c1-3-17(22)28-14-11-9-13(10-12-14)19(18(23)20(24)27-4-2)29-16-8-6-5-7-15(16)21(25)26/h5-12,18-19,23H,3-4H2,1-2H3/t18-,19+/m1/s1. The molecule has 0 radical (unpaired) electrons. The number of aliphatic hydroxyl groups excluding tert-OH is 1. The molecule has 0 heterocycles. The molecule has 154 valence electrons. The molecule has 0 unspecified atom stereocenters. The summed E-state index contributed by atoms with van der Waals surface area (Å²) < 4.78 is 10.0. The number of carbonyl (C=O) groups excluding carboxylic acids is 2. The quantitative estimate of drug-likeness (QED) is 0.215. The first-order valence-electron chi connectivity index (χ1n) is 8.92. The number of rotatable bonds is 9. The van der Waals surface area contributed by atoms with Gasteiger partial charge in [0, 0.05) is 12.5 Å². The first-order valence-corrected chi connectivity index (χ1v) is 9.80. The first-order chi connectivity index (χ1) is 13.9. The Kier molecular flexibility index (Phi) is 8.17. The van der Waals surface area contributed by atoms with Crippen LogP contribution in [0.15, 0.2) is 53.4 Å². The van der Waals surface area contributed by atoms with Crippen LogP contribution in [0, 0.1) is 10.1 Å². The molecule has 0 amide bonds. The molecule has 0 aliphatic heterocycles. The van der Waals surface area contributed by atoms with E-state index in [1.165, 1.54) is 24.3 Å². The third-order valence-corrected chi connectivity index (χ3v) is 5.24. The molecule has 0 aliphatic carbocycles. The molecule has 0 saturated carbocycles. The van der Waals surface area contributed by atoms with E-state index < -0.39 is 28.2 Å². The molecule has 2 aromatic rings. The van der Waals surface area contributed by atoms with Crippen molar-refractivity contribution in [3.8, 4) is 5.75 Å². The van der Waals surface area contributed by atoms with E-state index in [-0.39, 0.29) is 18.7 Å². The average Bonchev–Trinajstić information content (AvgIpc) is 2.72. The maximum atomic E-state index is 12.1. The van der Waals surface area contributed by atoms with Crippen molar-refractivity contribution in [1.29, 1.82) is 0 Å². The lowest BCUT2D eigenvalue weighted by Crippen LogP contribution is -2.28. The number of esters is 2. The molecular formula is C20H21NO7S. The number of thioether (sulfide) groups is 1. The molecule has 0 fully saturated rings. The molecule has 29 heavy (non-hydrogen) atoms. The minimum Gasteiger partial charge on any atom is -0.464 e. The highest BCUT2D eigenvalue weighted by molar-refractivity contribution is 7.99. The maximum Gasteiger partial charge on any atom is 0.336 e. The van der Waals surface area contributed by atoms with E-state index in [1.807, 2.05) is 0 Å². The predicted octanol–water partition coefficient (Wildman–Crippen LogP) is 3.67. The number of hydrogen-bond acceptors (Lipinski definition) is 8. The van der Waals surface area contributed by atoms with E-state index in [1.54, 1.807) is 38.1 Å². The summed E-state index contributed by atoms with van der Waals surface area (Å²) in [6, 6.07) is 12.3. The number of benzene rings is 2. The number of ether oxygens (including phenoxy) is 2. The van der Waals surface area contributed by atoms with Crippen LogP contribution in [-0.4, -0.2) is 34.7 Å². The Morgan fingerprint density at radius 2 is 1.79 bits per heavy atom. The Hall–Kier alpha value is -2.91. The van der Waals surface area contributed by atoms with Crippen molar-refractivity contribution in [2.75, 3.05) is 6.61 Å². The highest BCUT2D eigenvalue weighted by Gasteiger charge is 2.31. The van der Waals surface area contributed by atoms with Gasteiger partial charge in [-0.05, 0) is 30.7 Å². The van der Waals surface area contributed by atoms with Crippen molar-refractivity contribution in [3.05, 3.63) is 64.2 Å². The SMILES string of the molecule is CCOC(=O)[C@H](O)[C@@H](Sc1ccccc1[N+](=O)[O-])c1ccc(OC(=O)CC)cc1. The van der Waals surface area contributed by atoms with Crippen molar-refractivity contribution in [3.63, 3.8) is 0 Å². The van der Waals surface area contributed by atoms with Gasteiger partial charge in [0.05, 0.1) is 21.7 Å². The number of nitro benzene ring substituents is 1. The van der Waals surface area contributed by atoms with Crippen LogP contribution in [0.1, 0.15) is 31.1 Å². The Bertz CT molecular complexity index is 869. The average molecular weight is 419 g/mol. The largest absolute Gasteiger partial charge is 0.464 e. The zero-order valence-corrected chi connectivity index (χ0v) is 16.8. The summed E-state index contributed by atoms with van der Waals surface area (Å²) in [6.07, 6.45) is -1.33. The summed E-state index contributed by atoms with van der Waals surface area (Å²) in [6.45, 7) is 3.38. The van der Waals surface area contributed by atoms with E-state index in [9.17, 15) is 24.8 Å². The third kappa shape index (κ3) is 6.03. The zero-order valence-electron chi connectivity index (χ0n) is 15.9. The fourth-order valence-corrected chi connectivity index (χ4v) is 3.67. The second kappa shape index (κ2) is 10.6. The van der Waals surface area contributed by atoms with E-state index in [0.29, 0.717) is 16.2 Å². The summed E-state index contributed by atoms with van der Waals surface area (Å²) in [5, 5.41) is 21.0. The van der Waals surface area contributed by atoms with E-state index >= 15 is 0 Å². The van der Waals surface area contributed by atoms with Gasteiger partial charge in [-0.25, -0.2) is 4.79 Å². The monoisotopic (exact) mass is 419 g/mol. The van der Waals surface area contributed by atoms with E-state index in [0.717, 1.165) is 11.8 Å². The van der Waals surface area contributed by atoms with Crippen molar-refractivity contribution in [1.82, 2.24) is 0 Å². The molecule has 0 bridgehead atoms. The third-order valence-electron chi connectivity index (χ3n) is 3.86. The zero-order chi connectivity index (χ0) is 21.4. The highest BCUT2D eigenvalue weighted by atomic mass is 32.2. The molecule has 0 aliphatic rings. The fourth-order valence-electron chi connectivity index (χ4n) is 2.44. The molecule has 0 spiro atoms. The van der Waals surface area contributed by atoms with Crippen molar-refractivity contribution in [2.24, 2.45) is 0 Å². The Balaban J connectivity index is 2.37. The van der Waals surface area contributed by atoms with Gasteiger partial charge in [-0.2, -0.15) is 0 Å². The van der Waals surface area contributed by atoms with Crippen LogP contribution in [0.4, 0.5) is 5.69 Å². The second-order valence-electron chi connectivity index (χ2n) is 5.86. The van der Waals surface area contributed by atoms with Crippen LogP contribution in [0.25, 0.3) is 0 Å².